The first-order chi connectivity index (χ1) is 16.6. The molecule has 1 aromatic heterocycles. The number of benzene rings is 2. The van der Waals surface area contributed by atoms with Crippen molar-refractivity contribution in [1.82, 2.24) is 4.90 Å². The van der Waals surface area contributed by atoms with E-state index in [4.69, 9.17) is 18.6 Å². The zero-order valence-corrected chi connectivity index (χ0v) is 18.5. The standard InChI is InChI=1S/C26H23NO7/c1-2-31-18-8-5-16(6-9-18)23-22(25(29)26(30)27(23)15-19-4-3-11-32-19)24(28)17-7-10-20-21(14-17)34-13-12-33-20/h3-11,14,23,28H,2,12-13,15H2,1H3/b24-22+. The first-order valence-electron chi connectivity index (χ1n) is 11.0. The average molecular weight is 461 g/mol. The highest BCUT2D eigenvalue weighted by Gasteiger charge is 2.46. The third kappa shape index (κ3) is 3.87. The van der Waals surface area contributed by atoms with Crippen LogP contribution in [-0.4, -0.2) is 41.5 Å². The van der Waals surface area contributed by atoms with E-state index in [1.54, 1.807) is 54.6 Å². The lowest BCUT2D eigenvalue weighted by Gasteiger charge is -2.25. The number of Topliss-reactive ketones (excluding diaryl/α,β-unsaturated/α-hetero) is 1. The summed E-state index contributed by atoms with van der Waals surface area (Å²) in [6.45, 7) is 3.30. The minimum atomic E-state index is -0.811. The number of ether oxygens (including phenoxy) is 3. The van der Waals surface area contributed by atoms with Crippen LogP contribution in [0, 0.1) is 0 Å². The van der Waals surface area contributed by atoms with E-state index in [0.29, 0.717) is 54.0 Å². The van der Waals surface area contributed by atoms with E-state index in [9.17, 15) is 14.7 Å². The van der Waals surface area contributed by atoms with E-state index in [2.05, 4.69) is 0 Å². The summed E-state index contributed by atoms with van der Waals surface area (Å²) in [6.07, 6.45) is 1.51. The Morgan fingerprint density at radius 2 is 1.82 bits per heavy atom. The summed E-state index contributed by atoms with van der Waals surface area (Å²) >= 11 is 0. The second-order valence-corrected chi connectivity index (χ2v) is 7.87. The molecule has 34 heavy (non-hydrogen) atoms. The van der Waals surface area contributed by atoms with Crippen molar-refractivity contribution in [2.45, 2.75) is 19.5 Å². The Labute approximate surface area is 196 Å². The fourth-order valence-corrected chi connectivity index (χ4v) is 4.22. The van der Waals surface area contributed by atoms with E-state index in [0.717, 1.165) is 0 Å². The van der Waals surface area contributed by atoms with E-state index >= 15 is 0 Å². The second-order valence-electron chi connectivity index (χ2n) is 7.87. The molecule has 2 aromatic carbocycles. The molecular weight excluding hydrogens is 438 g/mol. The molecule has 1 amide bonds. The maximum Gasteiger partial charge on any atom is 0.296 e. The average Bonchev–Trinajstić information content (AvgIpc) is 3.46. The Bertz CT molecular complexity index is 1240. The molecule has 1 N–H and O–H groups in total. The van der Waals surface area contributed by atoms with Gasteiger partial charge in [0.25, 0.3) is 11.7 Å². The Morgan fingerprint density at radius 1 is 1.06 bits per heavy atom. The van der Waals surface area contributed by atoms with Crippen LogP contribution in [0.2, 0.25) is 0 Å². The predicted molar refractivity (Wildman–Crippen MR) is 122 cm³/mol. The lowest BCUT2D eigenvalue weighted by molar-refractivity contribution is -0.140. The Balaban J connectivity index is 1.61. The fraction of sp³-hybridized carbons (Fsp3) is 0.231. The van der Waals surface area contributed by atoms with E-state index in [1.807, 2.05) is 6.92 Å². The number of amides is 1. The third-order valence-corrected chi connectivity index (χ3v) is 5.77. The summed E-state index contributed by atoms with van der Waals surface area (Å²) in [5.74, 6) is 0.462. The summed E-state index contributed by atoms with van der Waals surface area (Å²) in [7, 11) is 0. The molecule has 0 radical (unpaired) electrons. The van der Waals surface area contributed by atoms with Crippen molar-refractivity contribution in [1.29, 1.82) is 0 Å². The van der Waals surface area contributed by atoms with Crippen LogP contribution in [0.3, 0.4) is 0 Å². The lowest BCUT2D eigenvalue weighted by Crippen LogP contribution is -2.29. The zero-order valence-electron chi connectivity index (χ0n) is 18.5. The number of carbonyl (C=O) groups is 2. The van der Waals surface area contributed by atoms with Crippen LogP contribution in [0.5, 0.6) is 17.2 Å². The number of hydrogen-bond donors (Lipinski definition) is 1. The van der Waals surface area contributed by atoms with Gasteiger partial charge in [0, 0.05) is 5.56 Å². The van der Waals surface area contributed by atoms with Gasteiger partial charge in [-0.15, -0.1) is 0 Å². The number of rotatable bonds is 6. The summed E-state index contributed by atoms with van der Waals surface area (Å²) in [6, 6.07) is 14.7. The van der Waals surface area contributed by atoms with Crippen molar-refractivity contribution in [2.24, 2.45) is 0 Å². The van der Waals surface area contributed by atoms with Crippen molar-refractivity contribution in [2.75, 3.05) is 19.8 Å². The van der Waals surface area contributed by atoms with Gasteiger partial charge in [-0.25, -0.2) is 0 Å². The quantitative estimate of drug-likeness (QED) is 0.336. The van der Waals surface area contributed by atoms with Gasteiger partial charge in [-0.05, 0) is 55.0 Å². The highest BCUT2D eigenvalue weighted by atomic mass is 16.6. The molecule has 1 saturated heterocycles. The van der Waals surface area contributed by atoms with Gasteiger partial charge in [0.1, 0.15) is 30.5 Å². The highest BCUT2D eigenvalue weighted by Crippen LogP contribution is 2.42. The van der Waals surface area contributed by atoms with Crippen LogP contribution in [-0.2, 0) is 16.1 Å². The topological polar surface area (TPSA) is 98.4 Å². The van der Waals surface area contributed by atoms with Gasteiger partial charge >= 0.3 is 0 Å². The molecule has 8 heteroatoms. The largest absolute Gasteiger partial charge is 0.507 e. The number of aliphatic hydroxyl groups excluding tert-OH is 1. The molecule has 174 valence electrons. The normalized spacial score (nSPS) is 18.9. The Kier molecular flexibility index (Phi) is 5.71. The van der Waals surface area contributed by atoms with Gasteiger partial charge in [0.15, 0.2) is 11.5 Å². The van der Waals surface area contributed by atoms with Gasteiger partial charge in [-0.1, -0.05) is 12.1 Å². The molecule has 1 atom stereocenters. The molecule has 2 aliphatic heterocycles. The smallest absolute Gasteiger partial charge is 0.296 e. The molecule has 0 bridgehead atoms. The molecule has 0 spiro atoms. The molecule has 8 nitrogen and oxygen atoms in total. The molecule has 5 rings (SSSR count). The van der Waals surface area contributed by atoms with Gasteiger partial charge in [-0.2, -0.15) is 0 Å². The summed E-state index contributed by atoms with van der Waals surface area (Å²) in [4.78, 5) is 27.7. The van der Waals surface area contributed by atoms with Gasteiger partial charge < -0.3 is 28.6 Å². The van der Waals surface area contributed by atoms with Gasteiger partial charge in [0.2, 0.25) is 0 Å². The molecule has 3 heterocycles. The molecular formula is C26H23NO7. The van der Waals surface area contributed by atoms with Crippen LogP contribution in [0.4, 0.5) is 0 Å². The van der Waals surface area contributed by atoms with E-state index < -0.39 is 17.7 Å². The minimum Gasteiger partial charge on any atom is -0.507 e. The van der Waals surface area contributed by atoms with Crippen LogP contribution in [0.1, 0.15) is 29.9 Å². The molecule has 0 saturated carbocycles. The molecule has 2 aliphatic rings. The summed E-state index contributed by atoms with van der Waals surface area (Å²) in [5, 5.41) is 11.3. The van der Waals surface area contributed by atoms with Crippen LogP contribution >= 0.6 is 0 Å². The molecule has 3 aromatic rings. The van der Waals surface area contributed by atoms with Crippen molar-refractivity contribution in [3.05, 3.63) is 83.3 Å². The SMILES string of the molecule is CCOc1ccc(C2/C(=C(\O)c3ccc4c(c3)OCCO4)C(=O)C(=O)N2Cc2ccco2)cc1. The third-order valence-electron chi connectivity index (χ3n) is 5.77. The zero-order chi connectivity index (χ0) is 23.7. The summed E-state index contributed by atoms with van der Waals surface area (Å²) < 4.78 is 22.1. The Hall–Kier alpha value is -4.20. The Morgan fingerprint density at radius 3 is 2.53 bits per heavy atom. The monoisotopic (exact) mass is 461 g/mol. The van der Waals surface area contributed by atoms with Crippen LogP contribution in [0.25, 0.3) is 5.76 Å². The van der Waals surface area contributed by atoms with Crippen LogP contribution < -0.4 is 14.2 Å². The number of nitrogens with zero attached hydrogens (tertiary/aromatic N) is 1. The molecule has 0 aliphatic carbocycles. The maximum absolute atomic E-state index is 13.2. The maximum atomic E-state index is 13.2. The number of furan rings is 1. The molecule has 1 fully saturated rings. The van der Waals surface area contributed by atoms with E-state index in [1.165, 1.54) is 11.2 Å². The van der Waals surface area contributed by atoms with Crippen molar-refractivity contribution in [3.63, 3.8) is 0 Å². The first kappa shape index (κ1) is 21.6. The lowest BCUT2D eigenvalue weighted by atomic mass is 9.95. The van der Waals surface area contributed by atoms with Crippen LogP contribution in [0.15, 0.2) is 70.9 Å². The van der Waals surface area contributed by atoms with Crippen molar-refractivity contribution >= 4 is 17.4 Å². The number of fused-ring (bicyclic) bond motifs is 1. The number of carbonyl (C=O) groups excluding carboxylic acids is 2. The van der Waals surface area contributed by atoms with Gasteiger partial charge in [0.05, 0.1) is 31.0 Å². The second kappa shape index (κ2) is 8.97. The number of likely N-dealkylation sites (tertiary alicyclic amines) is 1. The fourth-order valence-electron chi connectivity index (χ4n) is 4.22. The molecule has 1 unspecified atom stereocenters. The minimum absolute atomic E-state index is 0.00241. The van der Waals surface area contributed by atoms with Gasteiger partial charge in [-0.3, -0.25) is 9.59 Å². The van der Waals surface area contributed by atoms with Crippen molar-refractivity contribution in [3.8, 4) is 17.2 Å². The first-order valence-corrected chi connectivity index (χ1v) is 11.0. The summed E-state index contributed by atoms with van der Waals surface area (Å²) in [5.41, 5.74) is 1.02. The predicted octanol–water partition coefficient (Wildman–Crippen LogP) is 4.07. The van der Waals surface area contributed by atoms with Crippen molar-refractivity contribution < 1.29 is 33.3 Å². The number of hydrogen-bond acceptors (Lipinski definition) is 7. The number of ketones is 1. The van der Waals surface area contributed by atoms with E-state index in [-0.39, 0.29) is 17.9 Å². The highest BCUT2D eigenvalue weighted by molar-refractivity contribution is 6.46. The number of aliphatic hydroxyl groups is 1.